The number of nitrogens with one attached hydrogen (secondary N) is 1. The van der Waals surface area contributed by atoms with E-state index in [0.29, 0.717) is 11.6 Å². The van der Waals surface area contributed by atoms with Gasteiger partial charge in [-0.15, -0.1) is 0 Å². The number of nitrogens with two attached hydrogens (primary N) is 1. The van der Waals surface area contributed by atoms with Gasteiger partial charge in [-0.3, -0.25) is 14.9 Å². The van der Waals surface area contributed by atoms with Gasteiger partial charge in [-0.1, -0.05) is 26.2 Å². The summed E-state index contributed by atoms with van der Waals surface area (Å²) in [7, 11) is 0. The number of carbonyl (C=O) groups excluding carboxylic acids is 1. The minimum atomic E-state index is -0.582. The van der Waals surface area contributed by atoms with E-state index in [1.54, 1.807) is 0 Å². The van der Waals surface area contributed by atoms with Gasteiger partial charge in [0.1, 0.15) is 5.69 Å². The molecule has 1 fully saturated rings. The first-order valence-electron chi connectivity index (χ1n) is 7.34. The second-order valence-corrected chi connectivity index (χ2v) is 5.72. The lowest BCUT2D eigenvalue weighted by Crippen LogP contribution is -2.27. The summed E-state index contributed by atoms with van der Waals surface area (Å²) in [6.07, 6.45) is 5.61. The highest BCUT2D eigenvalue weighted by Crippen LogP contribution is 2.31. The number of anilines is 1. The molecular formula is C15H21N3O3. The van der Waals surface area contributed by atoms with Gasteiger partial charge in [0, 0.05) is 17.7 Å². The Morgan fingerprint density at radius 3 is 2.71 bits per heavy atom. The molecule has 6 nitrogen and oxygen atoms in total. The van der Waals surface area contributed by atoms with Crippen molar-refractivity contribution in [1.29, 1.82) is 0 Å². The molecule has 1 aliphatic rings. The molecule has 6 heteroatoms. The summed E-state index contributed by atoms with van der Waals surface area (Å²) in [5.74, 6) is -0.133. The Labute approximate surface area is 123 Å². The second kappa shape index (κ2) is 6.56. The molecule has 1 aliphatic carbocycles. The number of carbonyl (C=O) groups is 1. The highest BCUT2D eigenvalue weighted by molar-refractivity contribution is 5.94. The topological polar surface area (TPSA) is 98.3 Å². The number of primary amides is 1. The summed E-state index contributed by atoms with van der Waals surface area (Å²) < 4.78 is 0. The van der Waals surface area contributed by atoms with E-state index in [2.05, 4.69) is 12.2 Å². The fraction of sp³-hybridized carbons (Fsp3) is 0.533. The number of nitro benzene ring substituents is 1. The van der Waals surface area contributed by atoms with Crippen LogP contribution < -0.4 is 11.1 Å². The fourth-order valence-electron chi connectivity index (χ4n) is 2.87. The zero-order valence-electron chi connectivity index (χ0n) is 12.2. The molecule has 0 aliphatic heterocycles. The van der Waals surface area contributed by atoms with E-state index >= 15 is 0 Å². The third kappa shape index (κ3) is 3.71. The van der Waals surface area contributed by atoms with Crippen molar-refractivity contribution in [2.45, 2.75) is 45.1 Å². The van der Waals surface area contributed by atoms with E-state index in [1.807, 2.05) is 0 Å². The number of hydrogen-bond donors (Lipinski definition) is 2. The van der Waals surface area contributed by atoms with Gasteiger partial charge in [0.25, 0.3) is 5.69 Å². The lowest BCUT2D eigenvalue weighted by molar-refractivity contribution is -0.384. The van der Waals surface area contributed by atoms with Crippen LogP contribution in [0.3, 0.4) is 0 Å². The second-order valence-electron chi connectivity index (χ2n) is 5.72. The summed E-state index contributed by atoms with van der Waals surface area (Å²) in [4.78, 5) is 22.0. The molecule has 3 N–H and O–H groups in total. The van der Waals surface area contributed by atoms with Crippen LogP contribution in [-0.4, -0.2) is 16.9 Å². The van der Waals surface area contributed by atoms with Crippen molar-refractivity contribution < 1.29 is 9.72 Å². The van der Waals surface area contributed by atoms with E-state index < -0.39 is 10.8 Å². The van der Waals surface area contributed by atoms with Crippen LogP contribution in [-0.2, 0) is 0 Å². The first-order chi connectivity index (χ1) is 9.99. The first kappa shape index (κ1) is 15.3. The summed E-state index contributed by atoms with van der Waals surface area (Å²) >= 11 is 0. The van der Waals surface area contributed by atoms with E-state index in [9.17, 15) is 14.9 Å². The molecular weight excluding hydrogens is 270 g/mol. The molecule has 0 heterocycles. The van der Waals surface area contributed by atoms with Crippen molar-refractivity contribution in [3.63, 3.8) is 0 Å². The van der Waals surface area contributed by atoms with Gasteiger partial charge in [0.05, 0.1) is 4.92 Å². The smallest absolute Gasteiger partial charge is 0.292 e. The van der Waals surface area contributed by atoms with Gasteiger partial charge < -0.3 is 11.1 Å². The Kier molecular flexibility index (Phi) is 4.77. The molecule has 0 saturated heterocycles. The highest BCUT2D eigenvalue weighted by atomic mass is 16.6. The maximum atomic E-state index is 11.3. The monoisotopic (exact) mass is 291 g/mol. The maximum Gasteiger partial charge on any atom is 0.292 e. The van der Waals surface area contributed by atoms with E-state index in [4.69, 9.17) is 5.73 Å². The molecule has 1 saturated carbocycles. The van der Waals surface area contributed by atoms with Crippen molar-refractivity contribution >= 4 is 17.3 Å². The normalized spacial score (nSPS) is 22.3. The fourth-order valence-corrected chi connectivity index (χ4v) is 2.87. The van der Waals surface area contributed by atoms with Gasteiger partial charge in [-0.2, -0.15) is 0 Å². The van der Waals surface area contributed by atoms with Crippen molar-refractivity contribution in [2.75, 3.05) is 5.32 Å². The summed E-state index contributed by atoms with van der Waals surface area (Å²) in [5, 5.41) is 14.4. The average Bonchev–Trinajstić information content (AvgIpc) is 2.64. The number of nitro groups is 1. The Morgan fingerprint density at radius 1 is 1.33 bits per heavy atom. The van der Waals surface area contributed by atoms with Crippen molar-refractivity contribution in [2.24, 2.45) is 11.7 Å². The van der Waals surface area contributed by atoms with Gasteiger partial charge in [-0.05, 0) is 30.9 Å². The van der Waals surface area contributed by atoms with Crippen LogP contribution >= 0.6 is 0 Å². The van der Waals surface area contributed by atoms with Gasteiger partial charge in [0.15, 0.2) is 0 Å². The standard InChI is InChI=1S/C15H21N3O3/c1-10-5-3-2-4-6-12(10)17-13-9-11(15(16)19)7-8-14(13)18(20)21/h7-10,12,17H,2-6H2,1H3,(H2,16,19). The highest BCUT2D eigenvalue weighted by Gasteiger charge is 2.23. The Morgan fingerprint density at radius 2 is 2.05 bits per heavy atom. The molecule has 0 bridgehead atoms. The molecule has 2 unspecified atom stereocenters. The van der Waals surface area contributed by atoms with Gasteiger partial charge in [-0.25, -0.2) is 0 Å². The van der Waals surface area contributed by atoms with Gasteiger partial charge in [0.2, 0.25) is 5.91 Å². The number of rotatable bonds is 4. The van der Waals surface area contributed by atoms with Crippen LogP contribution in [0.25, 0.3) is 0 Å². The first-order valence-corrected chi connectivity index (χ1v) is 7.34. The lowest BCUT2D eigenvalue weighted by atomic mass is 9.96. The molecule has 1 aromatic rings. The van der Waals surface area contributed by atoms with Crippen LogP contribution in [0.5, 0.6) is 0 Å². The molecule has 0 spiro atoms. The largest absolute Gasteiger partial charge is 0.376 e. The maximum absolute atomic E-state index is 11.3. The van der Waals surface area contributed by atoms with Gasteiger partial charge >= 0.3 is 0 Å². The zero-order valence-corrected chi connectivity index (χ0v) is 12.2. The predicted molar refractivity (Wildman–Crippen MR) is 81.3 cm³/mol. The summed E-state index contributed by atoms with van der Waals surface area (Å²) in [6, 6.07) is 4.40. The summed E-state index contributed by atoms with van der Waals surface area (Å²) in [5.41, 5.74) is 5.91. The van der Waals surface area contributed by atoms with E-state index in [1.165, 1.54) is 31.0 Å². The number of benzene rings is 1. The van der Waals surface area contributed by atoms with Crippen molar-refractivity contribution in [3.05, 3.63) is 33.9 Å². The Balaban J connectivity index is 2.29. The Hall–Kier alpha value is -2.11. The zero-order chi connectivity index (χ0) is 15.4. The van der Waals surface area contributed by atoms with Crippen LogP contribution in [0.4, 0.5) is 11.4 Å². The minimum Gasteiger partial charge on any atom is -0.376 e. The molecule has 21 heavy (non-hydrogen) atoms. The predicted octanol–water partition coefficient (Wildman–Crippen LogP) is 3.07. The molecule has 114 valence electrons. The molecule has 0 aromatic heterocycles. The van der Waals surface area contributed by atoms with E-state index in [-0.39, 0.29) is 17.3 Å². The van der Waals surface area contributed by atoms with Crippen molar-refractivity contribution in [3.8, 4) is 0 Å². The van der Waals surface area contributed by atoms with Crippen LogP contribution in [0.2, 0.25) is 0 Å². The molecule has 0 radical (unpaired) electrons. The molecule has 1 amide bonds. The van der Waals surface area contributed by atoms with Crippen LogP contribution in [0.15, 0.2) is 18.2 Å². The minimum absolute atomic E-state index is 0.0172. The summed E-state index contributed by atoms with van der Waals surface area (Å²) in [6.45, 7) is 2.16. The third-order valence-corrected chi connectivity index (χ3v) is 4.18. The number of amides is 1. The molecule has 2 rings (SSSR count). The number of hydrogen-bond acceptors (Lipinski definition) is 4. The number of nitrogens with zero attached hydrogens (tertiary/aromatic N) is 1. The Bertz CT molecular complexity index is 545. The van der Waals surface area contributed by atoms with Crippen molar-refractivity contribution in [1.82, 2.24) is 0 Å². The van der Waals surface area contributed by atoms with Crippen LogP contribution in [0.1, 0.15) is 49.4 Å². The average molecular weight is 291 g/mol. The SMILES string of the molecule is CC1CCCCCC1Nc1cc(C(N)=O)ccc1[N+](=O)[O-]. The lowest BCUT2D eigenvalue weighted by Gasteiger charge is -2.24. The molecule has 1 aromatic carbocycles. The quantitative estimate of drug-likeness (QED) is 0.506. The van der Waals surface area contributed by atoms with Crippen LogP contribution in [0, 0.1) is 16.0 Å². The third-order valence-electron chi connectivity index (χ3n) is 4.18. The molecule has 2 atom stereocenters. The van der Waals surface area contributed by atoms with E-state index in [0.717, 1.165) is 19.3 Å².